The third-order valence-electron chi connectivity index (χ3n) is 5.88. The van der Waals surface area contributed by atoms with E-state index in [2.05, 4.69) is 21.7 Å². The Balaban J connectivity index is 0.00000225. The van der Waals surface area contributed by atoms with E-state index < -0.39 is 4.92 Å². The number of halogens is 1. The molecule has 8 heteroatoms. The number of rotatable bonds is 6. The maximum Gasteiger partial charge on any atom is 0.269 e. The summed E-state index contributed by atoms with van der Waals surface area (Å²) in [5.74, 6) is 0.107. The van der Waals surface area contributed by atoms with E-state index in [9.17, 15) is 14.9 Å². The molecule has 2 aliphatic rings. The lowest BCUT2D eigenvalue weighted by atomic mass is 9.93. The van der Waals surface area contributed by atoms with Crippen molar-refractivity contribution in [2.24, 2.45) is 5.41 Å². The Morgan fingerprint density at radius 3 is 2.54 bits per heavy atom. The van der Waals surface area contributed by atoms with E-state index in [1.54, 1.807) is 23.5 Å². The Morgan fingerprint density at radius 1 is 1.21 bits per heavy atom. The number of hydrogen-bond donors (Lipinski definition) is 1. The van der Waals surface area contributed by atoms with E-state index in [1.165, 1.54) is 17.7 Å². The van der Waals surface area contributed by atoms with Crippen molar-refractivity contribution in [2.75, 3.05) is 13.1 Å². The van der Waals surface area contributed by atoms with Crippen molar-refractivity contribution in [1.82, 2.24) is 10.2 Å². The molecule has 0 radical (unpaired) electrons. The largest absolute Gasteiger partial charge is 0.334 e. The number of nitrogens with one attached hydrogen (secondary N) is 1. The van der Waals surface area contributed by atoms with E-state index >= 15 is 0 Å². The first-order valence-corrected chi connectivity index (χ1v) is 10.3. The average Bonchev–Trinajstić information content (AvgIpc) is 3.10. The van der Waals surface area contributed by atoms with Gasteiger partial charge in [-0.3, -0.25) is 14.9 Å². The van der Waals surface area contributed by atoms with Gasteiger partial charge in [0, 0.05) is 24.7 Å². The number of nitro benzene ring substituents is 1. The van der Waals surface area contributed by atoms with Crippen LogP contribution in [0.25, 0.3) is 0 Å². The predicted octanol–water partition coefficient (Wildman–Crippen LogP) is 3.79. The molecule has 28 heavy (non-hydrogen) atoms. The first kappa shape index (κ1) is 20.8. The van der Waals surface area contributed by atoms with Gasteiger partial charge in [-0.15, -0.1) is 12.4 Å². The highest BCUT2D eigenvalue weighted by molar-refractivity contribution is 7.07. The molecule has 1 saturated carbocycles. The number of thiophene rings is 1. The van der Waals surface area contributed by atoms with Crippen molar-refractivity contribution >= 4 is 35.3 Å². The van der Waals surface area contributed by atoms with Crippen LogP contribution in [0.2, 0.25) is 0 Å². The minimum Gasteiger partial charge on any atom is -0.334 e. The van der Waals surface area contributed by atoms with Gasteiger partial charge in [0.2, 0.25) is 5.91 Å². The average molecular weight is 422 g/mol. The summed E-state index contributed by atoms with van der Waals surface area (Å²) in [6.07, 6.45) is 3.63. The minimum absolute atomic E-state index is 0. The lowest BCUT2D eigenvalue weighted by Crippen LogP contribution is -2.39. The fourth-order valence-corrected chi connectivity index (χ4v) is 4.85. The molecule has 6 nitrogen and oxygen atoms in total. The van der Waals surface area contributed by atoms with Gasteiger partial charge < -0.3 is 10.2 Å². The highest BCUT2D eigenvalue weighted by Gasteiger charge is 2.57. The number of amides is 1. The zero-order chi connectivity index (χ0) is 18.9. The monoisotopic (exact) mass is 421 g/mol. The second-order valence-electron chi connectivity index (χ2n) is 7.59. The SMILES string of the molecule is Cl.O=C(Cc1ccc([N+](=O)[O-])cc1)N(Cc1ccsc1)C1CC12CCNCC2. The smallest absolute Gasteiger partial charge is 0.269 e. The maximum absolute atomic E-state index is 13.1. The molecule has 1 unspecified atom stereocenters. The van der Waals surface area contributed by atoms with Gasteiger partial charge >= 0.3 is 0 Å². The van der Waals surface area contributed by atoms with Crippen molar-refractivity contribution in [2.45, 2.75) is 38.3 Å². The lowest BCUT2D eigenvalue weighted by molar-refractivity contribution is -0.384. The molecule has 1 aromatic heterocycles. The Morgan fingerprint density at radius 2 is 1.93 bits per heavy atom. The van der Waals surface area contributed by atoms with Crippen LogP contribution in [0.15, 0.2) is 41.1 Å². The van der Waals surface area contributed by atoms with E-state index in [0.29, 0.717) is 12.6 Å². The van der Waals surface area contributed by atoms with Gasteiger partial charge in [0.1, 0.15) is 0 Å². The number of carbonyl (C=O) groups is 1. The fraction of sp³-hybridized carbons (Fsp3) is 0.450. The Hall–Kier alpha value is -1.96. The molecule has 4 rings (SSSR count). The summed E-state index contributed by atoms with van der Waals surface area (Å²) >= 11 is 1.65. The van der Waals surface area contributed by atoms with Crippen LogP contribution in [0.4, 0.5) is 5.69 Å². The van der Waals surface area contributed by atoms with Crippen molar-refractivity contribution in [3.8, 4) is 0 Å². The van der Waals surface area contributed by atoms with Crippen molar-refractivity contribution in [1.29, 1.82) is 0 Å². The van der Waals surface area contributed by atoms with Crippen LogP contribution in [0.3, 0.4) is 0 Å². The molecule has 1 aromatic carbocycles. The summed E-state index contributed by atoms with van der Waals surface area (Å²) < 4.78 is 0. The maximum atomic E-state index is 13.1. The van der Waals surface area contributed by atoms with Crippen molar-refractivity contribution in [3.05, 3.63) is 62.3 Å². The quantitative estimate of drug-likeness (QED) is 0.568. The third kappa shape index (κ3) is 4.37. The molecule has 1 atom stereocenters. The zero-order valence-electron chi connectivity index (χ0n) is 15.5. The van der Waals surface area contributed by atoms with Gasteiger partial charge in [-0.25, -0.2) is 0 Å². The van der Waals surface area contributed by atoms with Crippen LogP contribution in [-0.2, 0) is 17.8 Å². The van der Waals surface area contributed by atoms with E-state index in [0.717, 1.165) is 37.9 Å². The number of piperidine rings is 1. The summed E-state index contributed by atoms with van der Waals surface area (Å²) in [5.41, 5.74) is 2.33. The van der Waals surface area contributed by atoms with Crippen LogP contribution in [0, 0.1) is 15.5 Å². The normalized spacial score (nSPS) is 19.6. The summed E-state index contributed by atoms with van der Waals surface area (Å²) in [4.78, 5) is 25.6. The Labute approximate surface area is 174 Å². The molecule has 2 heterocycles. The highest BCUT2D eigenvalue weighted by Crippen LogP contribution is 2.56. The van der Waals surface area contributed by atoms with Crippen LogP contribution < -0.4 is 5.32 Å². The lowest BCUT2D eigenvalue weighted by Gasteiger charge is -2.29. The molecule has 1 N–H and O–H groups in total. The zero-order valence-corrected chi connectivity index (χ0v) is 17.1. The minimum atomic E-state index is -0.417. The molecule has 1 aliphatic carbocycles. The topological polar surface area (TPSA) is 75.5 Å². The van der Waals surface area contributed by atoms with Gasteiger partial charge in [-0.1, -0.05) is 12.1 Å². The summed E-state index contributed by atoms with van der Waals surface area (Å²) in [5, 5.41) is 18.4. The van der Waals surface area contributed by atoms with Gasteiger partial charge in [0.05, 0.1) is 11.3 Å². The van der Waals surface area contributed by atoms with Gasteiger partial charge in [-0.05, 0) is 65.7 Å². The molecule has 1 amide bonds. The molecular weight excluding hydrogens is 398 g/mol. The molecular formula is C20H24ClN3O3S. The molecule has 150 valence electrons. The second kappa shape index (κ2) is 8.59. The molecule has 2 aromatic rings. The second-order valence-corrected chi connectivity index (χ2v) is 8.37. The van der Waals surface area contributed by atoms with Gasteiger partial charge in [0.25, 0.3) is 5.69 Å². The van der Waals surface area contributed by atoms with E-state index in [1.807, 2.05) is 5.38 Å². The summed E-state index contributed by atoms with van der Waals surface area (Å²) in [6.45, 7) is 2.70. The number of nitro groups is 1. The standard InChI is InChI=1S/C20H23N3O3S.ClH/c24-19(11-15-1-3-17(4-2-15)23(25)26)22(13-16-5-10-27-14-16)18-12-20(18)6-8-21-9-7-20;/h1-5,10,14,18,21H,6-9,11-13H2;1H. The van der Waals surface area contributed by atoms with Crippen LogP contribution in [0.5, 0.6) is 0 Å². The predicted molar refractivity (Wildman–Crippen MR) is 112 cm³/mol. The molecule has 1 spiro atoms. The number of hydrogen-bond acceptors (Lipinski definition) is 5. The molecule has 0 bridgehead atoms. The van der Waals surface area contributed by atoms with Crippen LogP contribution in [-0.4, -0.2) is 34.9 Å². The van der Waals surface area contributed by atoms with Crippen molar-refractivity contribution < 1.29 is 9.72 Å². The van der Waals surface area contributed by atoms with Gasteiger partial charge in [0.15, 0.2) is 0 Å². The Kier molecular flexibility index (Phi) is 6.37. The first-order valence-electron chi connectivity index (χ1n) is 9.32. The number of carbonyl (C=O) groups excluding carboxylic acids is 1. The summed E-state index contributed by atoms with van der Waals surface area (Å²) in [7, 11) is 0. The number of benzene rings is 1. The fourth-order valence-electron chi connectivity index (χ4n) is 4.19. The van der Waals surface area contributed by atoms with Crippen LogP contribution >= 0.6 is 23.7 Å². The molecule has 1 saturated heterocycles. The first-order chi connectivity index (χ1) is 13.1. The van der Waals surface area contributed by atoms with Gasteiger partial charge in [-0.2, -0.15) is 11.3 Å². The third-order valence-corrected chi connectivity index (χ3v) is 6.61. The van der Waals surface area contributed by atoms with E-state index in [4.69, 9.17) is 0 Å². The number of non-ortho nitro benzene ring substituents is 1. The Bertz CT molecular complexity index is 820. The molecule has 1 aliphatic heterocycles. The highest BCUT2D eigenvalue weighted by atomic mass is 35.5. The van der Waals surface area contributed by atoms with Crippen molar-refractivity contribution in [3.63, 3.8) is 0 Å². The van der Waals surface area contributed by atoms with E-state index in [-0.39, 0.29) is 35.8 Å². The number of nitrogens with zero attached hydrogens (tertiary/aromatic N) is 2. The summed E-state index contributed by atoms with van der Waals surface area (Å²) in [6, 6.07) is 8.70. The molecule has 2 fully saturated rings. The van der Waals surface area contributed by atoms with Crippen LogP contribution in [0.1, 0.15) is 30.4 Å².